The van der Waals surface area contributed by atoms with E-state index in [1.165, 1.54) is 61.5 Å². The van der Waals surface area contributed by atoms with Crippen molar-refractivity contribution < 1.29 is 31.5 Å². The van der Waals surface area contributed by atoms with Crippen molar-refractivity contribution in [2.24, 2.45) is 0 Å². The first-order valence-electron chi connectivity index (χ1n) is 12.9. The number of hydrogen-bond donors (Lipinski definition) is 1. The molecule has 3 aromatic carbocycles. The summed E-state index contributed by atoms with van der Waals surface area (Å²) in [5, 5.41) is 2.72. The van der Waals surface area contributed by atoms with Crippen LogP contribution in [-0.4, -0.2) is 50.9 Å². The maximum Gasteiger partial charge on any atom is 0.264 e. The van der Waals surface area contributed by atoms with Crippen LogP contribution in [0.1, 0.15) is 32.8 Å². The van der Waals surface area contributed by atoms with Crippen molar-refractivity contribution in [2.45, 2.75) is 44.7 Å². The summed E-state index contributed by atoms with van der Waals surface area (Å²) >= 11 is 0. The summed E-state index contributed by atoms with van der Waals surface area (Å²) in [6.07, 6.45) is 0.665. The van der Waals surface area contributed by atoms with Gasteiger partial charge in [0.25, 0.3) is 10.0 Å². The topological polar surface area (TPSA) is 96.0 Å². The maximum absolute atomic E-state index is 14.6. The summed E-state index contributed by atoms with van der Waals surface area (Å²) in [5.74, 6) is -1.90. The van der Waals surface area contributed by atoms with E-state index in [0.29, 0.717) is 25.3 Å². The van der Waals surface area contributed by atoms with Gasteiger partial charge < -0.3 is 15.0 Å². The van der Waals surface area contributed by atoms with Crippen LogP contribution < -0.4 is 14.4 Å². The molecular weight excluding hydrogens is 540 g/mol. The molecule has 0 aliphatic heterocycles. The SMILES string of the molecule is CCCNC(=O)C(C)N(Cc1ccccc1F)C(=O)CN(c1ccc(F)cc1)S(=O)(=O)c1ccc(OCC)cc1. The van der Waals surface area contributed by atoms with Crippen LogP contribution in [-0.2, 0) is 26.2 Å². The molecule has 0 spiro atoms. The second-order valence-corrected chi connectivity index (χ2v) is 10.8. The Kier molecular flexibility index (Phi) is 10.6. The first-order chi connectivity index (χ1) is 19.1. The number of amides is 2. The van der Waals surface area contributed by atoms with Crippen molar-refractivity contribution in [3.05, 3.63) is 90.0 Å². The van der Waals surface area contributed by atoms with Gasteiger partial charge in [0, 0.05) is 18.7 Å². The van der Waals surface area contributed by atoms with Crippen molar-refractivity contribution in [3.8, 4) is 5.75 Å². The van der Waals surface area contributed by atoms with Gasteiger partial charge in [0.2, 0.25) is 11.8 Å². The largest absolute Gasteiger partial charge is 0.494 e. The number of nitrogens with one attached hydrogen (secondary N) is 1. The molecule has 0 fully saturated rings. The standard InChI is InChI=1S/C29H33F2N3O5S/c1-4-18-32-29(36)21(3)33(19-22-8-6-7-9-27(22)31)28(35)20-34(24-12-10-23(30)11-13-24)40(37,38)26-16-14-25(15-17-26)39-5-2/h6-17,21H,4-5,18-20H2,1-3H3,(H,32,36). The number of halogens is 2. The predicted octanol–water partition coefficient (Wildman–Crippen LogP) is 4.50. The molecule has 0 aliphatic carbocycles. The molecule has 1 N–H and O–H groups in total. The molecule has 40 heavy (non-hydrogen) atoms. The Bertz CT molecular complexity index is 1400. The Hall–Kier alpha value is -3.99. The molecule has 0 heterocycles. The van der Waals surface area contributed by atoms with E-state index in [1.54, 1.807) is 13.0 Å². The van der Waals surface area contributed by atoms with E-state index in [9.17, 15) is 26.8 Å². The molecule has 11 heteroatoms. The maximum atomic E-state index is 14.6. The quantitative estimate of drug-likeness (QED) is 0.325. The van der Waals surface area contributed by atoms with Gasteiger partial charge >= 0.3 is 0 Å². The van der Waals surface area contributed by atoms with E-state index < -0.39 is 46.1 Å². The fourth-order valence-corrected chi connectivity index (χ4v) is 5.34. The molecule has 214 valence electrons. The van der Waals surface area contributed by atoms with Crippen molar-refractivity contribution in [1.82, 2.24) is 10.2 Å². The van der Waals surface area contributed by atoms with Crippen LogP contribution in [0.2, 0.25) is 0 Å². The lowest BCUT2D eigenvalue weighted by Crippen LogP contribution is -2.51. The molecule has 3 aromatic rings. The monoisotopic (exact) mass is 573 g/mol. The third-order valence-electron chi connectivity index (χ3n) is 6.13. The van der Waals surface area contributed by atoms with Gasteiger partial charge in [-0.05, 0) is 74.9 Å². The average Bonchev–Trinajstić information content (AvgIpc) is 2.94. The molecule has 8 nitrogen and oxygen atoms in total. The Morgan fingerprint density at radius 3 is 2.20 bits per heavy atom. The molecule has 2 amide bonds. The van der Waals surface area contributed by atoms with Crippen LogP contribution in [0.3, 0.4) is 0 Å². The third kappa shape index (κ3) is 7.56. The van der Waals surface area contributed by atoms with E-state index in [2.05, 4.69) is 5.32 Å². The molecular formula is C29H33F2N3O5S. The number of anilines is 1. The van der Waals surface area contributed by atoms with Gasteiger partial charge in [-0.2, -0.15) is 0 Å². The molecule has 0 aliphatic rings. The molecule has 1 unspecified atom stereocenters. The number of rotatable bonds is 13. The van der Waals surface area contributed by atoms with Gasteiger partial charge in [0.05, 0.1) is 17.2 Å². The van der Waals surface area contributed by atoms with E-state index in [1.807, 2.05) is 6.92 Å². The van der Waals surface area contributed by atoms with E-state index in [-0.39, 0.29) is 22.7 Å². The van der Waals surface area contributed by atoms with Gasteiger partial charge in [0.15, 0.2) is 0 Å². The van der Waals surface area contributed by atoms with Crippen LogP contribution in [0, 0.1) is 11.6 Å². The van der Waals surface area contributed by atoms with Gasteiger partial charge in [-0.15, -0.1) is 0 Å². The second-order valence-electron chi connectivity index (χ2n) is 8.97. The number of benzene rings is 3. The Labute approximate surface area is 233 Å². The second kappa shape index (κ2) is 13.9. The highest BCUT2D eigenvalue weighted by atomic mass is 32.2. The molecule has 1 atom stereocenters. The van der Waals surface area contributed by atoms with Crippen molar-refractivity contribution in [3.63, 3.8) is 0 Å². The normalized spacial score (nSPS) is 11.9. The summed E-state index contributed by atoms with van der Waals surface area (Å²) in [7, 11) is -4.34. The Balaban J connectivity index is 2.01. The molecule has 0 aromatic heterocycles. The minimum Gasteiger partial charge on any atom is -0.494 e. The fourth-order valence-electron chi connectivity index (χ4n) is 3.93. The molecule has 3 rings (SSSR count). The Morgan fingerprint density at radius 2 is 1.60 bits per heavy atom. The number of nitrogens with zero attached hydrogens (tertiary/aromatic N) is 2. The van der Waals surface area contributed by atoms with Crippen molar-refractivity contribution in [2.75, 3.05) is 24.0 Å². The van der Waals surface area contributed by atoms with Gasteiger partial charge in [-0.3, -0.25) is 13.9 Å². The highest BCUT2D eigenvalue weighted by Crippen LogP contribution is 2.26. The molecule has 0 saturated carbocycles. The van der Waals surface area contributed by atoms with Crippen LogP contribution in [0.15, 0.2) is 77.7 Å². The average molecular weight is 574 g/mol. The highest BCUT2D eigenvalue weighted by molar-refractivity contribution is 7.92. The van der Waals surface area contributed by atoms with Crippen LogP contribution in [0.5, 0.6) is 5.75 Å². The Morgan fingerprint density at radius 1 is 0.950 bits per heavy atom. The van der Waals surface area contributed by atoms with Gasteiger partial charge in [-0.25, -0.2) is 17.2 Å². The lowest BCUT2D eigenvalue weighted by molar-refractivity contribution is -0.139. The number of ether oxygens (including phenoxy) is 1. The number of carbonyl (C=O) groups excluding carboxylic acids is 2. The zero-order valence-electron chi connectivity index (χ0n) is 22.6. The van der Waals surface area contributed by atoms with Crippen molar-refractivity contribution in [1.29, 1.82) is 0 Å². The molecule has 0 bridgehead atoms. The highest BCUT2D eigenvalue weighted by Gasteiger charge is 2.33. The summed E-state index contributed by atoms with van der Waals surface area (Å²) < 4.78 is 62.1. The fraction of sp³-hybridized carbons (Fsp3) is 0.310. The summed E-state index contributed by atoms with van der Waals surface area (Å²) in [5.41, 5.74) is 0.200. The number of carbonyl (C=O) groups is 2. The smallest absolute Gasteiger partial charge is 0.264 e. The molecule has 0 radical (unpaired) electrons. The van der Waals surface area contributed by atoms with E-state index in [4.69, 9.17) is 4.74 Å². The lowest BCUT2D eigenvalue weighted by Gasteiger charge is -2.32. The predicted molar refractivity (Wildman–Crippen MR) is 148 cm³/mol. The summed E-state index contributed by atoms with van der Waals surface area (Å²) in [6, 6.07) is 15.1. The lowest BCUT2D eigenvalue weighted by atomic mass is 10.1. The minimum atomic E-state index is -4.34. The minimum absolute atomic E-state index is 0.0394. The number of hydrogen-bond acceptors (Lipinski definition) is 5. The third-order valence-corrected chi connectivity index (χ3v) is 7.92. The van der Waals surface area contributed by atoms with E-state index >= 15 is 0 Å². The van der Waals surface area contributed by atoms with Crippen LogP contribution in [0.4, 0.5) is 14.5 Å². The zero-order valence-corrected chi connectivity index (χ0v) is 23.5. The first-order valence-corrected chi connectivity index (χ1v) is 14.3. The van der Waals surface area contributed by atoms with Crippen molar-refractivity contribution >= 4 is 27.5 Å². The molecule has 0 saturated heterocycles. The van der Waals surface area contributed by atoms with Crippen LogP contribution in [0.25, 0.3) is 0 Å². The first kappa shape index (κ1) is 30.6. The summed E-state index contributed by atoms with van der Waals surface area (Å²) in [6.45, 7) is 4.94. The van der Waals surface area contributed by atoms with Crippen LogP contribution >= 0.6 is 0 Å². The van der Waals surface area contributed by atoms with E-state index in [0.717, 1.165) is 21.3 Å². The van der Waals surface area contributed by atoms with Gasteiger partial charge in [-0.1, -0.05) is 25.1 Å². The van der Waals surface area contributed by atoms with Gasteiger partial charge in [0.1, 0.15) is 30.0 Å². The zero-order chi connectivity index (χ0) is 29.3. The number of sulfonamides is 1. The summed E-state index contributed by atoms with van der Waals surface area (Å²) in [4.78, 5) is 27.6.